The molecule has 1 N–H and O–H groups in total. The first-order valence-electron chi connectivity index (χ1n) is 13.6. The van der Waals surface area contributed by atoms with Crippen LogP contribution in [0.4, 0.5) is 5.13 Å². The van der Waals surface area contributed by atoms with Crippen molar-refractivity contribution in [2.24, 2.45) is 5.92 Å². The fourth-order valence-corrected chi connectivity index (χ4v) is 5.89. The highest BCUT2D eigenvalue weighted by Gasteiger charge is 2.48. The van der Waals surface area contributed by atoms with Gasteiger partial charge in [-0.05, 0) is 79.4 Å². The highest BCUT2D eigenvalue weighted by Crippen LogP contribution is 2.46. The van der Waals surface area contributed by atoms with Crippen LogP contribution < -0.4 is 19.1 Å². The summed E-state index contributed by atoms with van der Waals surface area (Å²) in [5.74, 6) is 0.210. The molecule has 218 valence electrons. The molecule has 4 aromatic rings. The van der Waals surface area contributed by atoms with E-state index in [1.165, 1.54) is 23.3 Å². The molecule has 1 aromatic heterocycles. The minimum Gasteiger partial charge on any atom is -0.507 e. The SMILES string of the molecule is CCOc1ccc2nc(N3C(=O)C(=O)C(=C(O)c4ccc(Cl)cc4)C3c3ccc(OCCC(C)C)c(OC)c3)sc2c1. The average Bonchev–Trinajstić information content (AvgIpc) is 3.50. The molecule has 42 heavy (non-hydrogen) atoms. The van der Waals surface area contributed by atoms with Crippen LogP contribution in [0.2, 0.25) is 5.02 Å². The van der Waals surface area contributed by atoms with Crippen molar-refractivity contribution in [2.45, 2.75) is 33.2 Å². The summed E-state index contributed by atoms with van der Waals surface area (Å²) in [6.07, 6.45) is 0.870. The Morgan fingerprint density at radius 2 is 1.81 bits per heavy atom. The first kappa shape index (κ1) is 29.4. The van der Waals surface area contributed by atoms with Crippen molar-refractivity contribution in [3.63, 3.8) is 0 Å². The Balaban J connectivity index is 1.65. The summed E-state index contributed by atoms with van der Waals surface area (Å²) in [7, 11) is 1.53. The Bertz CT molecular complexity index is 1660. The summed E-state index contributed by atoms with van der Waals surface area (Å²) in [6, 6.07) is 16.2. The van der Waals surface area contributed by atoms with Crippen LogP contribution >= 0.6 is 22.9 Å². The number of aromatic nitrogens is 1. The number of ether oxygens (including phenoxy) is 3. The Kier molecular flexibility index (Phi) is 8.70. The van der Waals surface area contributed by atoms with Gasteiger partial charge < -0.3 is 19.3 Å². The van der Waals surface area contributed by atoms with Crippen molar-refractivity contribution >= 4 is 55.7 Å². The lowest BCUT2D eigenvalue weighted by atomic mass is 9.95. The third kappa shape index (κ3) is 5.80. The number of halogens is 1. The number of fused-ring (bicyclic) bond motifs is 1. The number of hydrogen-bond acceptors (Lipinski definition) is 8. The summed E-state index contributed by atoms with van der Waals surface area (Å²) in [5.41, 5.74) is 1.50. The van der Waals surface area contributed by atoms with E-state index in [2.05, 4.69) is 13.8 Å². The number of carbonyl (C=O) groups excluding carboxylic acids is 2. The van der Waals surface area contributed by atoms with Gasteiger partial charge in [0.1, 0.15) is 11.5 Å². The molecule has 1 amide bonds. The number of rotatable bonds is 10. The van der Waals surface area contributed by atoms with Crippen LogP contribution in [0, 0.1) is 5.92 Å². The molecule has 0 bridgehead atoms. The zero-order valence-corrected chi connectivity index (χ0v) is 25.3. The van der Waals surface area contributed by atoms with E-state index in [1.807, 2.05) is 25.1 Å². The standard InChI is InChI=1S/C32H31ClN2O6S/c1-5-40-22-11-12-23-26(17-22)42-32(34-23)35-28(20-8-13-24(25(16-20)39-4)41-15-14-18(2)3)27(30(37)31(35)38)29(36)19-6-9-21(33)10-7-19/h6-13,16-18,28,36H,5,14-15H2,1-4H3. The van der Waals surface area contributed by atoms with E-state index in [4.69, 9.17) is 30.8 Å². The highest BCUT2D eigenvalue weighted by atomic mass is 35.5. The molecule has 1 fully saturated rings. The lowest BCUT2D eigenvalue weighted by Crippen LogP contribution is -2.29. The van der Waals surface area contributed by atoms with Gasteiger partial charge in [-0.15, -0.1) is 0 Å². The number of aliphatic hydroxyl groups excluding tert-OH is 1. The lowest BCUT2D eigenvalue weighted by molar-refractivity contribution is -0.132. The molecule has 10 heteroatoms. The number of methoxy groups -OCH3 is 1. The first-order valence-corrected chi connectivity index (χ1v) is 14.8. The molecule has 1 aliphatic heterocycles. The van der Waals surface area contributed by atoms with E-state index in [9.17, 15) is 14.7 Å². The molecule has 1 saturated heterocycles. The van der Waals surface area contributed by atoms with Crippen molar-refractivity contribution < 1.29 is 28.9 Å². The van der Waals surface area contributed by atoms with E-state index >= 15 is 0 Å². The second-order valence-electron chi connectivity index (χ2n) is 10.2. The van der Waals surface area contributed by atoms with E-state index in [-0.39, 0.29) is 11.3 Å². The average molecular weight is 607 g/mol. The molecule has 0 spiro atoms. The van der Waals surface area contributed by atoms with Crippen molar-refractivity contribution in [2.75, 3.05) is 25.2 Å². The van der Waals surface area contributed by atoms with Gasteiger partial charge in [-0.25, -0.2) is 4.98 Å². The molecule has 1 aliphatic rings. The van der Waals surface area contributed by atoms with Gasteiger partial charge >= 0.3 is 5.91 Å². The topological polar surface area (TPSA) is 98.2 Å². The predicted octanol–water partition coefficient (Wildman–Crippen LogP) is 7.41. The summed E-state index contributed by atoms with van der Waals surface area (Å²) >= 11 is 7.32. The number of benzene rings is 3. The maximum Gasteiger partial charge on any atom is 0.301 e. The van der Waals surface area contributed by atoms with E-state index in [1.54, 1.807) is 42.5 Å². The maximum absolute atomic E-state index is 13.7. The molecule has 5 rings (SSSR count). The molecule has 0 radical (unpaired) electrons. The van der Waals surface area contributed by atoms with Gasteiger partial charge in [0.2, 0.25) is 0 Å². The number of carbonyl (C=O) groups is 2. The van der Waals surface area contributed by atoms with E-state index in [0.717, 1.165) is 11.1 Å². The number of thiazole rings is 1. The number of anilines is 1. The largest absolute Gasteiger partial charge is 0.507 e. The second kappa shape index (κ2) is 12.4. The highest BCUT2D eigenvalue weighted by molar-refractivity contribution is 7.22. The van der Waals surface area contributed by atoms with Gasteiger partial charge in [0.25, 0.3) is 5.78 Å². The number of Topliss-reactive ketones (excluding diaryl/α,β-unsaturated/α-hetero) is 1. The quantitative estimate of drug-likeness (QED) is 0.114. The van der Waals surface area contributed by atoms with Gasteiger partial charge in [-0.1, -0.05) is 42.9 Å². The Morgan fingerprint density at radius 3 is 2.50 bits per heavy atom. The van der Waals surface area contributed by atoms with Crippen LogP contribution in [0.1, 0.15) is 44.4 Å². The summed E-state index contributed by atoms with van der Waals surface area (Å²) in [6.45, 7) is 7.16. The second-order valence-corrected chi connectivity index (χ2v) is 11.6. The summed E-state index contributed by atoms with van der Waals surface area (Å²) < 4.78 is 18.0. The molecule has 1 unspecified atom stereocenters. The fraction of sp³-hybridized carbons (Fsp3) is 0.281. The summed E-state index contributed by atoms with van der Waals surface area (Å²) in [4.78, 5) is 33.3. The van der Waals surface area contributed by atoms with Crippen molar-refractivity contribution in [3.05, 3.63) is 82.4 Å². The molecule has 3 aromatic carbocycles. The van der Waals surface area contributed by atoms with Crippen LogP contribution in [0.25, 0.3) is 16.0 Å². The Hall–Kier alpha value is -4.08. The molecule has 2 heterocycles. The third-order valence-corrected chi connectivity index (χ3v) is 8.15. The van der Waals surface area contributed by atoms with Crippen molar-refractivity contribution in [1.29, 1.82) is 0 Å². The summed E-state index contributed by atoms with van der Waals surface area (Å²) in [5, 5.41) is 12.2. The van der Waals surface area contributed by atoms with Gasteiger partial charge in [-0.3, -0.25) is 14.5 Å². The normalized spacial score (nSPS) is 16.4. The van der Waals surface area contributed by atoms with Gasteiger partial charge in [0.15, 0.2) is 16.6 Å². The van der Waals surface area contributed by atoms with Crippen molar-refractivity contribution in [1.82, 2.24) is 4.98 Å². The number of ketones is 1. The molecule has 0 saturated carbocycles. The molecule has 1 atom stereocenters. The zero-order valence-electron chi connectivity index (χ0n) is 23.7. The lowest BCUT2D eigenvalue weighted by Gasteiger charge is -2.24. The molecular weight excluding hydrogens is 576 g/mol. The van der Waals surface area contributed by atoms with Crippen LogP contribution in [0.3, 0.4) is 0 Å². The van der Waals surface area contributed by atoms with Gasteiger partial charge in [-0.2, -0.15) is 0 Å². The van der Waals surface area contributed by atoms with Crippen LogP contribution in [-0.2, 0) is 9.59 Å². The number of hydrogen-bond donors (Lipinski definition) is 1. The number of amides is 1. The molecular formula is C32H31ClN2O6S. The number of aliphatic hydroxyl groups is 1. The molecule has 8 nitrogen and oxygen atoms in total. The zero-order chi connectivity index (χ0) is 30.0. The Labute approximate surface area is 253 Å². The smallest absolute Gasteiger partial charge is 0.301 e. The molecule has 0 aliphatic carbocycles. The van der Waals surface area contributed by atoms with E-state index in [0.29, 0.717) is 63.2 Å². The Morgan fingerprint density at radius 1 is 1.05 bits per heavy atom. The van der Waals surface area contributed by atoms with Crippen LogP contribution in [0.15, 0.2) is 66.2 Å². The monoisotopic (exact) mass is 606 g/mol. The predicted molar refractivity (Wildman–Crippen MR) is 165 cm³/mol. The first-order chi connectivity index (χ1) is 20.2. The van der Waals surface area contributed by atoms with Crippen LogP contribution in [0.5, 0.6) is 17.2 Å². The van der Waals surface area contributed by atoms with Gasteiger partial charge in [0.05, 0.1) is 42.2 Å². The minimum atomic E-state index is -0.980. The number of nitrogens with zero attached hydrogens (tertiary/aromatic N) is 2. The van der Waals surface area contributed by atoms with Gasteiger partial charge in [0, 0.05) is 10.6 Å². The fourth-order valence-electron chi connectivity index (χ4n) is 4.74. The maximum atomic E-state index is 13.7. The van der Waals surface area contributed by atoms with Crippen LogP contribution in [-0.4, -0.2) is 42.1 Å². The third-order valence-electron chi connectivity index (χ3n) is 6.88. The van der Waals surface area contributed by atoms with Crippen molar-refractivity contribution in [3.8, 4) is 17.2 Å². The van der Waals surface area contributed by atoms with E-state index < -0.39 is 17.7 Å². The minimum absolute atomic E-state index is 0.0629.